The quantitative estimate of drug-likeness (QED) is 0.286. The molecule has 12 heteroatoms. The summed E-state index contributed by atoms with van der Waals surface area (Å²) in [5.41, 5.74) is 4.39. The van der Waals surface area contributed by atoms with Crippen LogP contribution in [0.3, 0.4) is 0 Å². The van der Waals surface area contributed by atoms with E-state index in [0.717, 1.165) is 108 Å². The van der Waals surface area contributed by atoms with Crippen molar-refractivity contribution < 1.29 is 9.59 Å². The monoisotopic (exact) mass is 624 g/mol. The van der Waals surface area contributed by atoms with Gasteiger partial charge in [-0.25, -0.2) is 0 Å². The van der Waals surface area contributed by atoms with E-state index in [1.165, 1.54) is 0 Å². The molecule has 10 nitrogen and oxygen atoms in total. The highest BCUT2D eigenvalue weighted by Crippen LogP contribution is 2.40. The number of carbonyl (C=O) groups excluding carboxylic acids is 2. The maximum atomic E-state index is 11.5. The molecule has 0 atom stereocenters. The summed E-state index contributed by atoms with van der Waals surface area (Å²) in [5.74, 6) is 0.907. The lowest BCUT2D eigenvalue weighted by molar-refractivity contribution is -0.128. The molecule has 0 saturated carbocycles. The van der Waals surface area contributed by atoms with Crippen LogP contribution in [0.4, 0.5) is 11.4 Å². The minimum atomic E-state index is 0.136. The smallest absolute Gasteiger partial charge is 0.220 e. The van der Waals surface area contributed by atoms with Crippen LogP contribution in [0, 0.1) is 11.3 Å². The van der Waals surface area contributed by atoms with E-state index < -0.39 is 0 Å². The number of halogens is 2. The summed E-state index contributed by atoms with van der Waals surface area (Å²) >= 11 is 12.4. The molecule has 7 rings (SSSR count). The zero-order chi connectivity index (χ0) is 30.1. The molecule has 3 fully saturated rings. The normalized spacial score (nSPS) is 18.7. The predicted octanol–water partition coefficient (Wildman–Crippen LogP) is 5.23. The first-order valence-electron chi connectivity index (χ1n) is 14.9. The number of hydrogen-bond acceptors (Lipinski definition) is 6. The summed E-state index contributed by atoms with van der Waals surface area (Å²) in [6.45, 7) is 7.17. The van der Waals surface area contributed by atoms with Gasteiger partial charge in [-0.15, -0.1) is 0 Å². The molecule has 1 spiro atoms. The number of rotatable bonds is 4. The van der Waals surface area contributed by atoms with Crippen LogP contribution in [0.25, 0.3) is 21.8 Å². The van der Waals surface area contributed by atoms with E-state index in [2.05, 4.69) is 35.5 Å². The van der Waals surface area contributed by atoms with Crippen molar-refractivity contribution in [3.05, 3.63) is 46.7 Å². The fourth-order valence-electron chi connectivity index (χ4n) is 6.72. The van der Waals surface area contributed by atoms with Crippen molar-refractivity contribution in [3.63, 3.8) is 0 Å². The Morgan fingerprint density at radius 1 is 0.930 bits per heavy atom. The van der Waals surface area contributed by atoms with Gasteiger partial charge in [-0.2, -0.15) is 10.2 Å². The Kier molecular flexibility index (Phi) is 8.42. The summed E-state index contributed by atoms with van der Waals surface area (Å²) in [5, 5.41) is 20.8. The second kappa shape index (κ2) is 12.2. The Labute approximate surface area is 261 Å². The molecule has 0 bridgehead atoms. The van der Waals surface area contributed by atoms with Gasteiger partial charge in [0, 0.05) is 91.9 Å². The number of anilines is 2. The number of aromatic nitrogens is 4. The standard InChI is InChI=1S/C16H21ClN4O.C15H17ClN4O/c1-11(22)20(2)10-12-3-5-21(6-4-12)16-8-13(17)7-15-14(16)9-18-19-15;16-10-5-12-11(8-18-19-12)13(6-10)20-3-1-15(2-4-20)7-14(21)17-9-15/h7-9,12H,3-6,10H2,1-2H3,(H,18,19);5-6,8H,1-4,7,9H2,(H,17,21)(H,18,19). The number of H-pyrrole nitrogens is 2. The van der Waals surface area contributed by atoms with Gasteiger partial charge in [0.25, 0.3) is 0 Å². The average Bonchev–Trinajstić information content (AvgIpc) is 3.74. The number of aromatic amines is 2. The largest absolute Gasteiger partial charge is 0.371 e. The molecule has 2 aromatic carbocycles. The molecule has 0 aliphatic carbocycles. The van der Waals surface area contributed by atoms with Crippen LogP contribution in [0.2, 0.25) is 10.0 Å². The molecule has 3 aliphatic heterocycles. The predicted molar refractivity (Wildman–Crippen MR) is 172 cm³/mol. The first-order valence-corrected chi connectivity index (χ1v) is 15.7. The number of carbonyl (C=O) groups is 2. The van der Waals surface area contributed by atoms with E-state index in [9.17, 15) is 9.59 Å². The number of piperidine rings is 2. The molecule has 3 aliphatic rings. The van der Waals surface area contributed by atoms with E-state index in [1.54, 1.807) is 6.92 Å². The van der Waals surface area contributed by atoms with Gasteiger partial charge in [-0.05, 0) is 61.3 Å². The van der Waals surface area contributed by atoms with Crippen molar-refractivity contribution in [3.8, 4) is 0 Å². The molecule has 0 unspecified atom stereocenters. The first-order chi connectivity index (χ1) is 20.7. The van der Waals surface area contributed by atoms with Crippen LogP contribution in [0.15, 0.2) is 36.7 Å². The molecule has 228 valence electrons. The third kappa shape index (κ3) is 6.40. The van der Waals surface area contributed by atoms with Gasteiger partial charge in [0.1, 0.15) is 0 Å². The van der Waals surface area contributed by atoms with E-state index in [4.69, 9.17) is 23.2 Å². The molecule has 3 saturated heterocycles. The number of hydrogen-bond donors (Lipinski definition) is 3. The maximum Gasteiger partial charge on any atom is 0.220 e. The molecule has 43 heavy (non-hydrogen) atoms. The van der Waals surface area contributed by atoms with E-state index in [0.29, 0.717) is 12.3 Å². The van der Waals surface area contributed by atoms with Crippen LogP contribution in [-0.4, -0.2) is 83.4 Å². The summed E-state index contributed by atoms with van der Waals surface area (Å²) < 4.78 is 0. The number of nitrogens with one attached hydrogen (secondary N) is 3. The van der Waals surface area contributed by atoms with Gasteiger partial charge in [-0.3, -0.25) is 19.8 Å². The zero-order valence-corrected chi connectivity index (χ0v) is 26.1. The van der Waals surface area contributed by atoms with Gasteiger partial charge >= 0.3 is 0 Å². The Morgan fingerprint density at radius 3 is 1.95 bits per heavy atom. The molecule has 0 radical (unpaired) electrons. The van der Waals surface area contributed by atoms with Crippen LogP contribution >= 0.6 is 23.2 Å². The summed E-state index contributed by atoms with van der Waals surface area (Å²) in [6, 6.07) is 7.83. The van der Waals surface area contributed by atoms with Gasteiger partial charge < -0.3 is 20.0 Å². The zero-order valence-electron chi connectivity index (χ0n) is 24.6. The number of benzene rings is 2. The highest BCUT2D eigenvalue weighted by molar-refractivity contribution is 6.32. The summed E-state index contributed by atoms with van der Waals surface area (Å²) in [6.07, 6.45) is 8.64. The third-order valence-electron chi connectivity index (χ3n) is 9.39. The topological polar surface area (TPSA) is 113 Å². The van der Waals surface area contributed by atoms with E-state index in [-0.39, 0.29) is 17.2 Å². The molecule has 2 amide bonds. The van der Waals surface area contributed by atoms with E-state index >= 15 is 0 Å². The Hall–Kier alpha value is -3.50. The number of amides is 2. The van der Waals surface area contributed by atoms with Crippen LogP contribution in [0.1, 0.15) is 39.0 Å². The first kappa shape index (κ1) is 29.6. The lowest BCUT2D eigenvalue weighted by Gasteiger charge is -2.39. The molecular formula is C31H38Cl2N8O2. The minimum absolute atomic E-state index is 0.136. The summed E-state index contributed by atoms with van der Waals surface area (Å²) in [7, 11) is 1.88. The average molecular weight is 626 g/mol. The van der Waals surface area contributed by atoms with Crippen LogP contribution in [0.5, 0.6) is 0 Å². The van der Waals surface area contributed by atoms with Crippen molar-refractivity contribution in [1.29, 1.82) is 0 Å². The highest BCUT2D eigenvalue weighted by atomic mass is 35.5. The second-order valence-corrected chi connectivity index (χ2v) is 13.2. The van der Waals surface area contributed by atoms with Crippen LogP contribution in [-0.2, 0) is 9.59 Å². The Morgan fingerprint density at radius 2 is 1.47 bits per heavy atom. The lowest BCUT2D eigenvalue weighted by Crippen LogP contribution is -2.41. The molecular weight excluding hydrogens is 587 g/mol. The maximum absolute atomic E-state index is 11.5. The SMILES string of the molecule is CC(=O)N(C)CC1CCN(c2cc(Cl)cc3[nH]ncc23)CC1.O=C1CC2(CCN(c3cc(Cl)cc4[nH]ncc34)CC2)CN1. The van der Waals surface area contributed by atoms with Gasteiger partial charge in [-0.1, -0.05) is 23.2 Å². The molecule has 5 heterocycles. The molecule has 4 aromatic rings. The molecule has 2 aromatic heterocycles. The second-order valence-electron chi connectivity index (χ2n) is 12.3. The molecule has 3 N–H and O–H groups in total. The van der Waals surface area contributed by atoms with Gasteiger partial charge in [0.05, 0.1) is 23.4 Å². The van der Waals surface area contributed by atoms with Crippen molar-refractivity contribution in [2.75, 3.05) is 56.1 Å². The number of fused-ring (bicyclic) bond motifs is 2. The Balaban J connectivity index is 0.000000153. The van der Waals surface area contributed by atoms with E-state index in [1.807, 2.05) is 48.6 Å². The third-order valence-corrected chi connectivity index (χ3v) is 9.83. The fraction of sp³-hybridized carbons (Fsp3) is 0.484. The van der Waals surface area contributed by atoms with Crippen molar-refractivity contribution >= 4 is 68.2 Å². The fourth-order valence-corrected chi connectivity index (χ4v) is 7.14. The van der Waals surface area contributed by atoms with Crippen molar-refractivity contribution in [1.82, 2.24) is 30.6 Å². The Bertz CT molecular complexity index is 1620. The number of nitrogens with zero attached hydrogens (tertiary/aromatic N) is 5. The van der Waals surface area contributed by atoms with Crippen molar-refractivity contribution in [2.45, 2.75) is 39.0 Å². The van der Waals surface area contributed by atoms with Gasteiger partial charge in [0.15, 0.2) is 0 Å². The van der Waals surface area contributed by atoms with Gasteiger partial charge in [0.2, 0.25) is 11.8 Å². The highest BCUT2D eigenvalue weighted by Gasteiger charge is 2.41. The summed E-state index contributed by atoms with van der Waals surface area (Å²) in [4.78, 5) is 29.4. The minimum Gasteiger partial charge on any atom is -0.371 e. The lowest BCUT2D eigenvalue weighted by atomic mass is 9.77. The van der Waals surface area contributed by atoms with Crippen molar-refractivity contribution in [2.24, 2.45) is 11.3 Å². The van der Waals surface area contributed by atoms with Crippen LogP contribution < -0.4 is 15.1 Å².